The van der Waals surface area contributed by atoms with Gasteiger partial charge in [0.05, 0.1) is 0 Å². The van der Waals surface area contributed by atoms with Crippen LogP contribution in [0.15, 0.2) is 18.5 Å². The Kier molecular flexibility index (Phi) is 4.47. The lowest BCUT2D eigenvalue weighted by atomic mass is 10.1. The predicted molar refractivity (Wildman–Crippen MR) is 90.8 cm³/mol. The van der Waals surface area contributed by atoms with Gasteiger partial charge in [0.2, 0.25) is 5.88 Å². The van der Waals surface area contributed by atoms with Crippen LogP contribution in [0.25, 0.3) is 0 Å². The number of benzene rings is 1. The van der Waals surface area contributed by atoms with Crippen LogP contribution >= 0.6 is 11.6 Å². The van der Waals surface area contributed by atoms with Crippen molar-refractivity contribution in [1.82, 2.24) is 9.97 Å². The summed E-state index contributed by atoms with van der Waals surface area (Å²) in [7, 11) is 0. The van der Waals surface area contributed by atoms with Crippen LogP contribution in [0, 0.1) is 13.8 Å². The number of hydrogen-bond donors (Lipinski definition) is 2. The summed E-state index contributed by atoms with van der Waals surface area (Å²) in [5.41, 5.74) is 8.21. The number of hydrogen-bond acceptors (Lipinski definition) is 5. The molecule has 2 rings (SSSR count). The number of halogens is 1. The van der Waals surface area contributed by atoms with Crippen LogP contribution < -0.4 is 15.8 Å². The minimum atomic E-state index is -0.160. The van der Waals surface area contributed by atoms with Crippen molar-refractivity contribution in [2.24, 2.45) is 0 Å². The molecule has 1 aromatic carbocycles. The van der Waals surface area contributed by atoms with E-state index in [9.17, 15) is 0 Å². The molecule has 0 saturated heterocycles. The van der Waals surface area contributed by atoms with E-state index in [1.165, 1.54) is 6.33 Å². The van der Waals surface area contributed by atoms with E-state index in [2.05, 4.69) is 15.3 Å². The number of rotatable bonds is 3. The van der Waals surface area contributed by atoms with Crippen molar-refractivity contribution >= 4 is 23.1 Å². The first kappa shape index (κ1) is 16.4. The van der Waals surface area contributed by atoms with Gasteiger partial charge in [0, 0.05) is 10.6 Å². The summed E-state index contributed by atoms with van der Waals surface area (Å²) < 4.78 is 5.81. The third-order valence-electron chi connectivity index (χ3n) is 2.97. The van der Waals surface area contributed by atoms with Crippen molar-refractivity contribution in [3.63, 3.8) is 0 Å². The Hall–Kier alpha value is -2.01. The largest absolute Gasteiger partial charge is 0.437 e. The van der Waals surface area contributed by atoms with Crippen molar-refractivity contribution in [3.8, 4) is 11.6 Å². The molecule has 1 aromatic heterocycles. The fourth-order valence-corrected chi connectivity index (χ4v) is 2.10. The first-order chi connectivity index (χ1) is 10.2. The molecule has 0 radical (unpaired) electrons. The average Bonchev–Trinajstić information content (AvgIpc) is 2.39. The van der Waals surface area contributed by atoms with Gasteiger partial charge in [0.15, 0.2) is 5.82 Å². The Morgan fingerprint density at radius 3 is 2.27 bits per heavy atom. The first-order valence-electron chi connectivity index (χ1n) is 7.00. The number of nitrogen functional groups attached to an aromatic ring is 1. The van der Waals surface area contributed by atoms with E-state index in [-0.39, 0.29) is 5.54 Å². The summed E-state index contributed by atoms with van der Waals surface area (Å²) in [6, 6.07) is 3.71. The maximum Gasteiger partial charge on any atom is 0.248 e. The van der Waals surface area contributed by atoms with E-state index in [4.69, 9.17) is 22.1 Å². The molecule has 0 spiro atoms. The molecule has 0 atom stereocenters. The average molecular weight is 321 g/mol. The summed E-state index contributed by atoms with van der Waals surface area (Å²) in [5.74, 6) is 1.52. The summed E-state index contributed by atoms with van der Waals surface area (Å²) in [6.07, 6.45) is 1.43. The van der Waals surface area contributed by atoms with E-state index in [1.54, 1.807) is 0 Å². The van der Waals surface area contributed by atoms with Crippen molar-refractivity contribution in [1.29, 1.82) is 0 Å². The standard InChI is InChI=1S/C16H21ClN4O/c1-9-6-11(7-10(2)12(9)17)22-15-13(18)14(19-8-20-15)21-16(3,4)5/h6-8H,18H2,1-5H3,(H,19,20,21). The molecule has 3 N–H and O–H groups in total. The lowest BCUT2D eigenvalue weighted by Crippen LogP contribution is -2.27. The third kappa shape index (κ3) is 3.80. The number of nitrogens with zero attached hydrogens (tertiary/aromatic N) is 2. The molecule has 0 aliphatic carbocycles. The van der Waals surface area contributed by atoms with Gasteiger partial charge in [-0.1, -0.05) is 11.6 Å². The van der Waals surface area contributed by atoms with Gasteiger partial charge in [-0.25, -0.2) is 4.98 Å². The minimum absolute atomic E-state index is 0.160. The van der Waals surface area contributed by atoms with Crippen molar-refractivity contribution in [2.75, 3.05) is 11.1 Å². The number of aromatic nitrogens is 2. The molecule has 22 heavy (non-hydrogen) atoms. The second kappa shape index (κ2) is 6.01. The van der Waals surface area contributed by atoms with Crippen LogP contribution in [0.5, 0.6) is 11.6 Å². The summed E-state index contributed by atoms with van der Waals surface area (Å²) in [6.45, 7) is 9.94. The second-order valence-electron chi connectivity index (χ2n) is 6.29. The molecule has 1 heterocycles. The van der Waals surface area contributed by atoms with Crippen LogP contribution in [0.2, 0.25) is 5.02 Å². The SMILES string of the molecule is Cc1cc(Oc2ncnc(NC(C)(C)C)c2N)cc(C)c1Cl. The van der Waals surface area contributed by atoms with Gasteiger partial charge in [-0.2, -0.15) is 4.98 Å². The van der Waals surface area contributed by atoms with Gasteiger partial charge in [0.25, 0.3) is 0 Å². The Morgan fingerprint density at radius 2 is 1.73 bits per heavy atom. The van der Waals surface area contributed by atoms with Crippen molar-refractivity contribution < 1.29 is 4.74 Å². The van der Waals surface area contributed by atoms with Gasteiger partial charge in [-0.15, -0.1) is 0 Å². The molecule has 2 aromatic rings. The zero-order chi connectivity index (χ0) is 16.5. The van der Waals surface area contributed by atoms with E-state index in [0.29, 0.717) is 23.1 Å². The Morgan fingerprint density at radius 1 is 1.14 bits per heavy atom. The maximum atomic E-state index is 6.17. The van der Waals surface area contributed by atoms with Gasteiger partial charge < -0.3 is 15.8 Å². The molecule has 0 bridgehead atoms. The fourth-order valence-electron chi connectivity index (χ4n) is 1.99. The topological polar surface area (TPSA) is 73.1 Å². The number of ether oxygens (including phenoxy) is 1. The van der Waals surface area contributed by atoms with E-state index < -0.39 is 0 Å². The molecule has 118 valence electrons. The Bertz CT molecular complexity index is 672. The summed E-state index contributed by atoms with van der Waals surface area (Å²) in [4.78, 5) is 8.28. The zero-order valence-electron chi connectivity index (χ0n) is 13.5. The van der Waals surface area contributed by atoms with E-state index >= 15 is 0 Å². The molecule has 0 amide bonds. The van der Waals surface area contributed by atoms with Crippen molar-refractivity contribution in [2.45, 2.75) is 40.2 Å². The van der Waals surface area contributed by atoms with E-state index in [1.807, 2.05) is 46.8 Å². The molecule has 0 aliphatic heterocycles. The van der Waals surface area contributed by atoms with Crippen LogP contribution in [0.4, 0.5) is 11.5 Å². The lowest BCUT2D eigenvalue weighted by Gasteiger charge is -2.22. The van der Waals surface area contributed by atoms with Crippen LogP contribution in [0.1, 0.15) is 31.9 Å². The van der Waals surface area contributed by atoms with Gasteiger partial charge in [-0.3, -0.25) is 0 Å². The molecule has 6 heteroatoms. The maximum absolute atomic E-state index is 6.17. The Labute approximate surface area is 135 Å². The monoisotopic (exact) mass is 320 g/mol. The Balaban J connectivity index is 2.33. The third-order valence-corrected chi connectivity index (χ3v) is 3.56. The quantitative estimate of drug-likeness (QED) is 0.880. The van der Waals surface area contributed by atoms with Crippen LogP contribution in [0.3, 0.4) is 0 Å². The molecule has 0 fully saturated rings. The van der Waals surface area contributed by atoms with Crippen LogP contribution in [-0.2, 0) is 0 Å². The molecular formula is C16H21ClN4O. The highest BCUT2D eigenvalue weighted by Gasteiger charge is 2.16. The van der Waals surface area contributed by atoms with Gasteiger partial charge in [0.1, 0.15) is 17.8 Å². The number of aryl methyl sites for hydroxylation is 2. The van der Waals surface area contributed by atoms with Gasteiger partial charge >= 0.3 is 0 Å². The number of anilines is 2. The van der Waals surface area contributed by atoms with Crippen LogP contribution in [-0.4, -0.2) is 15.5 Å². The first-order valence-corrected chi connectivity index (χ1v) is 7.38. The zero-order valence-corrected chi connectivity index (χ0v) is 14.2. The molecule has 5 nitrogen and oxygen atoms in total. The highest BCUT2D eigenvalue weighted by Crippen LogP contribution is 2.33. The molecule has 0 unspecified atom stereocenters. The summed E-state index contributed by atoms with van der Waals surface area (Å²) >= 11 is 6.17. The molecule has 0 saturated carbocycles. The predicted octanol–water partition coefficient (Wildman–Crippen LogP) is 4.33. The number of nitrogens with one attached hydrogen (secondary N) is 1. The fraction of sp³-hybridized carbons (Fsp3) is 0.375. The summed E-state index contributed by atoms with van der Waals surface area (Å²) in [5, 5.41) is 3.96. The normalized spacial score (nSPS) is 11.4. The number of nitrogens with two attached hydrogens (primary N) is 1. The molecular weight excluding hydrogens is 300 g/mol. The highest BCUT2D eigenvalue weighted by atomic mass is 35.5. The second-order valence-corrected chi connectivity index (χ2v) is 6.67. The lowest BCUT2D eigenvalue weighted by molar-refractivity contribution is 0.463. The molecule has 0 aliphatic rings. The highest BCUT2D eigenvalue weighted by molar-refractivity contribution is 6.32. The minimum Gasteiger partial charge on any atom is -0.437 e. The van der Waals surface area contributed by atoms with Gasteiger partial charge in [-0.05, 0) is 57.9 Å². The van der Waals surface area contributed by atoms with E-state index in [0.717, 1.165) is 16.1 Å². The smallest absolute Gasteiger partial charge is 0.248 e. The van der Waals surface area contributed by atoms with Crippen molar-refractivity contribution in [3.05, 3.63) is 34.6 Å².